The molecule has 1 heterocycles. The minimum absolute atomic E-state index is 0.238. The molecule has 13 heteroatoms. The zero-order valence-corrected chi connectivity index (χ0v) is 27.3. The topological polar surface area (TPSA) is 143 Å². The normalized spacial score (nSPS) is 20.7. The van der Waals surface area contributed by atoms with Gasteiger partial charge in [0.1, 0.15) is 0 Å². The number of carbonyl (C=O) groups excluding carboxylic acids is 4. The van der Waals surface area contributed by atoms with Gasteiger partial charge in [0.25, 0.3) is 0 Å². The van der Waals surface area contributed by atoms with Crippen LogP contribution in [0.15, 0.2) is 30.3 Å². The monoisotopic (exact) mass is 645 g/mol. The molecule has 1 fully saturated rings. The van der Waals surface area contributed by atoms with Crippen LogP contribution in [0.2, 0.25) is 30.5 Å². The third-order valence-electron chi connectivity index (χ3n) is 6.42. The van der Waals surface area contributed by atoms with Gasteiger partial charge in [0.2, 0.25) is 0 Å². The number of carbonyl (C=O) groups is 4. The van der Waals surface area contributed by atoms with Crippen LogP contribution in [0, 0.1) is 0 Å². The maximum absolute atomic E-state index is 13.8. The van der Waals surface area contributed by atoms with Gasteiger partial charge in [0, 0.05) is 0 Å². The van der Waals surface area contributed by atoms with Crippen LogP contribution in [0.1, 0.15) is 27.7 Å². The summed E-state index contributed by atoms with van der Waals surface area (Å²) in [5.74, 6) is -2.05. The fraction of sp³-hybridized carbons (Fsp3) is 0.630. The van der Waals surface area contributed by atoms with Crippen molar-refractivity contribution in [2.75, 3.05) is 20.3 Å². The first-order chi connectivity index (χ1) is 18.6. The summed E-state index contributed by atoms with van der Waals surface area (Å²) in [5, 5.41) is 14.9. The van der Waals surface area contributed by atoms with Crippen LogP contribution in [-0.2, 0) is 28.6 Å². The van der Waals surface area contributed by atoms with Crippen molar-refractivity contribution >= 4 is 51.4 Å². The number of methoxy groups -OCH3 is 1. The molecular formula is C27H43N3O8SeSi. The molecule has 0 bridgehead atoms. The minimum atomic E-state index is -1.46. The van der Waals surface area contributed by atoms with Gasteiger partial charge in [-0.05, 0) is 0 Å². The Labute approximate surface area is 243 Å². The first kappa shape index (κ1) is 33.8. The van der Waals surface area contributed by atoms with Gasteiger partial charge in [-0.15, -0.1) is 0 Å². The van der Waals surface area contributed by atoms with Crippen LogP contribution in [0.25, 0.3) is 0 Å². The third kappa shape index (κ3) is 9.30. The Balaban J connectivity index is 2.31. The van der Waals surface area contributed by atoms with Gasteiger partial charge in [0.05, 0.1) is 0 Å². The van der Waals surface area contributed by atoms with Crippen molar-refractivity contribution in [2.24, 2.45) is 0 Å². The van der Waals surface area contributed by atoms with Crippen LogP contribution < -0.4 is 15.1 Å². The summed E-state index contributed by atoms with van der Waals surface area (Å²) >= 11 is -0.247. The fourth-order valence-electron chi connectivity index (χ4n) is 4.30. The van der Waals surface area contributed by atoms with Gasteiger partial charge in [-0.2, -0.15) is 0 Å². The second kappa shape index (κ2) is 14.4. The molecule has 5 atom stereocenters. The van der Waals surface area contributed by atoms with E-state index in [0.717, 1.165) is 17.6 Å². The Morgan fingerprint density at radius 2 is 1.77 bits per heavy atom. The molecule has 1 saturated heterocycles. The van der Waals surface area contributed by atoms with E-state index >= 15 is 0 Å². The molecule has 1 aliphatic rings. The van der Waals surface area contributed by atoms with E-state index in [1.54, 1.807) is 20.8 Å². The summed E-state index contributed by atoms with van der Waals surface area (Å²) < 4.78 is 17.2. The van der Waals surface area contributed by atoms with E-state index < -0.39 is 68.5 Å². The molecule has 0 aliphatic carbocycles. The summed E-state index contributed by atoms with van der Waals surface area (Å²) in [6.07, 6.45) is -1.35. The number of aliphatic hydroxyl groups excluding tert-OH is 1. The van der Waals surface area contributed by atoms with Crippen molar-refractivity contribution in [3.05, 3.63) is 30.3 Å². The predicted octanol–water partition coefficient (Wildman–Crippen LogP) is 1.26. The first-order valence-electron chi connectivity index (χ1n) is 13.3. The molecule has 3 amide bonds. The molecule has 40 heavy (non-hydrogen) atoms. The summed E-state index contributed by atoms with van der Waals surface area (Å²) in [6.45, 7) is 13.0. The van der Waals surface area contributed by atoms with E-state index in [1.165, 1.54) is 4.90 Å². The number of hydrogen-bond donors (Lipinski definition) is 3. The Morgan fingerprint density at radius 1 is 1.15 bits per heavy atom. The van der Waals surface area contributed by atoms with E-state index in [4.69, 9.17) is 9.47 Å². The third-order valence-corrected chi connectivity index (χ3v) is 10.6. The average molecular weight is 645 g/mol. The Bertz CT molecular complexity index is 1040. The molecule has 224 valence electrons. The molecule has 1 aliphatic heterocycles. The Kier molecular flexibility index (Phi) is 12.2. The molecule has 3 N–H and O–H groups in total. The molecule has 0 saturated carbocycles. The van der Waals surface area contributed by atoms with E-state index in [-0.39, 0.29) is 26.4 Å². The summed E-state index contributed by atoms with van der Waals surface area (Å²) in [5.41, 5.74) is -1.12. The van der Waals surface area contributed by atoms with Crippen molar-refractivity contribution in [3.8, 4) is 0 Å². The fourth-order valence-corrected chi connectivity index (χ4v) is 7.26. The summed E-state index contributed by atoms with van der Waals surface area (Å²) in [4.78, 5) is 53.3. The Morgan fingerprint density at radius 3 is 2.33 bits per heavy atom. The van der Waals surface area contributed by atoms with Crippen molar-refractivity contribution in [1.29, 1.82) is 0 Å². The number of nitrogens with one attached hydrogen (secondary N) is 2. The number of amides is 3. The predicted molar refractivity (Wildman–Crippen MR) is 154 cm³/mol. The zero-order chi connectivity index (χ0) is 30.3. The summed E-state index contributed by atoms with van der Waals surface area (Å²) in [7, 11) is -0.308. The molecule has 0 aromatic heterocycles. The number of aliphatic hydroxyl groups is 1. The number of rotatable bonds is 12. The van der Waals surface area contributed by atoms with Gasteiger partial charge in [-0.1, -0.05) is 0 Å². The van der Waals surface area contributed by atoms with E-state index in [9.17, 15) is 24.3 Å². The molecule has 1 aromatic carbocycles. The first-order valence-corrected chi connectivity index (χ1v) is 18.8. The van der Waals surface area contributed by atoms with Gasteiger partial charge in [0.15, 0.2) is 0 Å². The standard InChI is InChI=1S/C27H43N3O8SeSi/c1-17-22(30(27(3,4)38-17)26(35)37-14-15-40(6,7)8)24(33)29-21(18(2)39-19-12-10-9-11-13-19)23(32)28-20(16-31)25(34)36-5/h9-13,17-18,20-22,31H,14-16H2,1-8H3,(H,28,32)(H,29,33)/t17-,18+,20-,21+,22+/m1/s1. The molecular weight excluding hydrogens is 601 g/mol. The van der Waals surface area contributed by atoms with Crippen LogP contribution in [-0.4, -0.2) is 107 Å². The second-order valence-electron chi connectivity index (χ2n) is 11.4. The van der Waals surface area contributed by atoms with Gasteiger partial charge in [-0.3, -0.25) is 0 Å². The van der Waals surface area contributed by atoms with Crippen molar-refractivity contribution in [2.45, 2.75) is 88.2 Å². The second-order valence-corrected chi connectivity index (χ2v) is 20.1. The van der Waals surface area contributed by atoms with Gasteiger partial charge >= 0.3 is 244 Å². The van der Waals surface area contributed by atoms with Crippen LogP contribution >= 0.6 is 0 Å². The van der Waals surface area contributed by atoms with E-state index in [0.29, 0.717) is 0 Å². The van der Waals surface area contributed by atoms with E-state index in [2.05, 4.69) is 35.0 Å². The van der Waals surface area contributed by atoms with Crippen LogP contribution in [0.3, 0.4) is 0 Å². The number of esters is 1. The van der Waals surface area contributed by atoms with Crippen LogP contribution in [0.4, 0.5) is 4.79 Å². The van der Waals surface area contributed by atoms with Gasteiger partial charge in [-0.25, -0.2) is 0 Å². The number of ether oxygens (including phenoxy) is 3. The molecule has 11 nitrogen and oxygen atoms in total. The molecule has 0 radical (unpaired) electrons. The van der Waals surface area contributed by atoms with Crippen molar-refractivity contribution in [3.63, 3.8) is 0 Å². The van der Waals surface area contributed by atoms with Crippen molar-refractivity contribution in [1.82, 2.24) is 15.5 Å². The number of hydrogen-bond acceptors (Lipinski definition) is 8. The average Bonchev–Trinajstić information content (AvgIpc) is 3.12. The summed E-state index contributed by atoms with van der Waals surface area (Å²) in [6, 6.07) is 6.88. The van der Waals surface area contributed by atoms with Crippen molar-refractivity contribution < 1.29 is 38.5 Å². The van der Waals surface area contributed by atoms with Gasteiger partial charge < -0.3 is 0 Å². The number of nitrogens with zero attached hydrogens (tertiary/aromatic N) is 1. The van der Waals surface area contributed by atoms with E-state index in [1.807, 2.05) is 37.3 Å². The zero-order valence-electron chi connectivity index (χ0n) is 24.6. The van der Waals surface area contributed by atoms with Crippen LogP contribution in [0.5, 0.6) is 0 Å². The molecule has 1 aromatic rings. The maximum atomic E-state index is 13.8. The molecule has 0 spiro atoms. The SMILES string of the molecule is COC(=O)[C@@H](CO)NC(=O)[C@@H](NC(=O)[C@@H]1[C@@H](C)OC(C)(C)N1C(=O)OCC[Si](C)(C)C)[C@H](C)[Se]c1ccccc1. The molecule has 0 unspecified atom stereocenters. The quantitative estimate of drug-likeness (QED) is 0.228. The molecule has 2 rings (SSSR count). The Hall–Kier alpha value is -2.44. The number of benzene rings is 1.